The molecule has 1 aliphatic rings. The van der Waals surface area contributed by atoms with Crippen LogP contribution in [0, 0.1) is 5.92 Å². The number of hydrogen-bond acceptors (Lipinski definition) is 4. The lowest BCUT2D eigenvalue weighted by Gasteiger charge is -2.08. The molecule has 5 nitrogen and oxygen atoms in total. The van der Waals surface area contributed by atoms with Crippen molar-refractivity contribution in [1.29, 1.82) is 0 Å². The van der Waals surface area contributed by atoms with Crippen LogP contribution >= 0.6 is 0 Å². The van der Waals surface area contributed by atoms with Gasteiger partial charge in [-0.1, -0.05) is 13.8 Å². The van der Waals surface area contributed by atoms with Crippen molar-refractivity contribution in [2.75, 3.05) is 32.1 Å². The van der Waals surface area contributed by atoms with Crippen molar-refractivity contribution < 1.29 is 13.2 Å². The molecular formula is C13H28N2O3S. The van der Waals surface area contributed by atoms with Gasteiger partial charge in [-0.15, -0.1) is 0 Å². The van der Waals surface area contributed by atoms with Gasteiger partial charge >= 0.3 is 0 Å². The molecule has 0 saturated heterocycles. The Morgan fingerprint density at radius 3 is 2.58 bits per heavy atom. The van der Waals surface area contributed by atoms with E-state index in [1.807, 2.05) is 0 Å². The fourth-order valence-corrected chi connectivity index (χ4v) is 2.77. The van der Waals surface area contributed by atoms with Crippen molar-refractivity contribution in [2.45, 2.75) is 45.6 Å². The Kier molecular flexibility index (Phi) is 7.90. The third-order valence-electron chi connectivity index (χ3n) is 2.84. The molecule has 1 rings (SSSR count). The number of ether oxygens (including phenoxy) is 1. The van der Waals surface area contributed by atoms with Gasteiger partial charge < -0.3 is 10.1 Å². The number of hydrogen-bond donors (Lipinski definition) is 2. The molecule has 0 aromatic rings. The number of rotatable bonds is 12. The van der Waals surface area contributed by atoms with Crippen LogP contribution in [-0.2, 0) is 14.8 Å². The minimum absolute atomic E-state index is 0.208. The van der Waals surface area contributed by atoms with Crippen LogP contribution in [0.4, 0.5) is 0 Å². The average Bonchev–Trinajstić information content (AvgIpc) is 3.13. The van der Waals surface area contributed by atoms with Gasteiger partial charge in [0.25, 0.3) is 0 Å². The zero-order valence-electron chi connectivity index (χ0n) is 12.2. The van der Waals surface area contributed by atoms with Gasteiger partial charge in [0.15, 0.2) is 0 Å². The van der Waals surface area contributed by atoms with Crippen LogP contribution in [0.2, 0.25) is 0 Å². The number of sulfonamides is 1. The third-order valence-corrected chi connectivity index (χ3v) is 4.31. The maximum absolute atomic E-state index is 11.7. The van der Waals surface area contributed by atoms with Crippen molar-refractivity contribution in [3.8, 4) is 0 Å². The molecule has 0 bridgehead atoms. The first kappa shape index (κ1) is 16.9. The van der Waals surface area contributed by atoms with Gasteiger partial charge in [-0.3, -0.25) is 0 Å². The van der Waals surface area contributed by atoms with E-state index >= 15 is 0 Å². The summed E-state index contributed by atoms with van der Waals surface area (Å²) in [5, 5.41) is 3.31. The van der Waals surface area contributed by atoms with Crippen molar-refractivity contribution in [3.63, 3.8) is 0 Å². The predicted molar refractivity (Wildman–Crippen MR) is 77.7 cm³/mol. The Labute approximate surface area is 117 Å². The summed E-state index contributed by atoms with van der Waals surface area (Å²) in [4.78, 5) is 0. The van der Waals surface area contributed by atoms with Crippen molar-refractivity contribution >= 4 is 10.0 Å². The smallest absolute Gasteiger partial charge is 0.211 e. The van der Waals surface area contributed by atoms with Gasteiger partial charge in [-0.25, -0.2) is 13.1 Å². The summed E-state index contributed by atoms with van der Waals surface area (Å²) in [5.41, 5.74) is 0. The summed E-state index contributed by atoms with van der Waals surface area (Å²) in [5.74, 6) is 0.732. The van der Waals surface area contributed by atoms with E-state index in [0.29, 0.717) is 31.5 Å². The first-order valence-electron chi connectivity index (χ1n) is 7.28. The summed E-state index contributed by atoms with van der Waals surface area (Å²) >= 11 is 0. The molecule has 19 heavy (non-hydrogen) atoms. The monoisotopic (exact) mass is 292 g/mol. The molecular weight excluding hydrogens is 264 g/mol. The largest absolute Gasteiger partial charge is 0.381 e. The zero-order valence-corrected chi connectivity index (χ0v) is 13.0. The molecule has 0 aromatic carbocycles. The maximum atomic E-state index is 11.7. The second kappa shape index (κ2) is 8.89. The molecule has 2 N–H and O–H groups in total. The van der Waals surface area contributed by atoms with Crippen LogP contribution in [0.3, 0.4) is 0 Å². The predicted octanol–water partition coefficient (Wildman–Crippen LogP) is 1.11. The van der Waals surface area contributed by atoms with Crippen molar-refractivity contribution in [1.82, 2.24) is 10.0 Å². The summed E-state index contributed by atoms with van der Waals surface area (Å²) in [7, 11) is -3.11. The molecule has 1 aliphatic carbocycles. The first-order valence-corrected chi connectivity index (χ1v) is 8.93. The lowest BCUT2D eigenvalue weighted by molar-refractivity contribution is 0.108. The van der Waals surface area contributed by atoms with Crippen LogP contribution in [-0.4, -0.2) is 46.5 Å². The minimum atomic E-state index is -3.11. The fourth-order valence-electron chi connectivity index (χ4n) is 1.65. The van der Waals surface area contributed by atoms with Gasteiger partial charge in [0.2, 0.25) is 10.0 Å². The molecule has 0 atom stereocenters. The molecule has 0 heterocycles. The summed E-state index contributed by atoms with van der Waals surface area (Å²) in [6.07, 6.45) is 3.88. The van der Waals surface area contributed by atoms with Gasteiger partial charge in [0.05, 0.1) is 5.75 Å². The van der Waals surface area contributed by atoms with Crippen LogP contribution in [0.5, 0.6) is 0 Å². The van der Waals surface area contributed by atoms with Gasteiger partial charge in [0, 0.05) is 25.8 Å². The third kappa shape index (κ3) is 10.3. The molecule has 0 aliphatic heterocycles. The SMILES string of the molecule is CC(C)COCCCNS(=O)(=O)CCCNC1CC1. The van der Waals surface area contributed by atoms with Gasteiger partial charge in [0.1, 0.15) is 0 Å². The fraction of sp³-hybridized carbons (Fsp3) is 1.00. The molecule has 0 amide bonds. The molecule has 114 valence electrons. The minimum Gasteiger partial charge on any atom is -0.381 e. The second-order valence-corrected chi connectivity index (χ2v) is 7.54. The van der Waals surface area contributed by atoms with E-state index in [4.69, 9.17) is 4.74 Å². The standard InChI is InChI=1S/C13H28N2O3S/c1-12(2)11-18-9-3-8-15-19(16,17)10-4-7-14-13-5-6-13/h12-15H,3-11H2,1-2H3. The Balaban J connectivity index is 1.93. The Bertz CT molecular complexity index is 327. The highest BCUT2D eigenvalue weighted by molar-refractivity contribution is 7.89. The molecule has 0 unspecified atom stereocenters. The first-order chi connectivity index (χ1) is 8.99. The Hall–Kier alpha value is -0.170. The van der Waals surface area contributed by atoms with Crippen LogP contribution < -0.4 is 10.0 Å². The van der Waals surface area contributed by atoms with E-state index in [1.165, 1.54) is 12.8 Å². The van der Waals surface area contributed by atoms with E-state index in [-0.39, 0.29) is 5.75 Å². The highest BCUT2D eigenvalue weighted by Crippen LogP contribution is 2.18. The Morgan fingerprint density at radius 1 is 1.21 bits per heavy atom. The van der Waals surface area contributed by atoms with E-state index in [9.17, 15) is 8.42 Å². The summed E-state index contributed by atoms with van der Waals surface area (Å²) < 4.78 is 31.3. The highest BCUT2D eigenvalue weighted by atomic mass is 32.2. The van der Waals surface area contributed by atoms with Crippen molar-refractivity contribution in [2.24, 2.45) is 5.92 Å². The normalized spacial score (nSPS) is 16.2. The summed E-state index contributed by atoms with van der Waals surface area (Å²) in [6, 6.07) is 0.647. The molecule has 0 aromatic heterocycles. The van der Waals surface area contributed by atoms with E-state index < -0.39 is 10.0 Å². The van der Waals surface area contributed by atoms with Crippen LogP contribution in [0.15, 0.2) is 0 Å². The zero-order chi connectivity index (χ0) is 14.1. The van der Waals surface area contributed by atoms with E-state index in [1.54, 1.807) is 0 Å². The van der Waals surface area contributed by atoms with E-state index in [2.05, 4.69) is 23.9 Å². The topological polar surface area (TPSA) is 67.4 Å². The van der Waals surface area contributed by atoms with Crippen LogP contribution in [0.1, 0.15) is 39.5 Å². The van der Waals surface area contributed by atoms with Gasteiger partial charge in [-0.05, 0) is 38.1 Å². The molecule has 0 spiro atoms. The second-order valence-electron chi connectivity index (χ2n) is 5.62. The Morgan fingerprint density at radius 2 is 1.95 bits per heavy atom. The van der Waals surface area contributed by atoms with Gasteiger partial charge in [-0.2, -0.15) is 0 Å². The number of nitrogens with one attached hydrogen (secondary N) is 2. The molecule has 6 heteroatoms. The quantitative estimate of drug-likeness (QED) is 0.529. The van der Waals surface area contributed by atoms with Crippen molar-refractivity contribution in [3.05, 3.63) is 0 Å². The molecule has 1 fully saturated rings. The maximum Gasteiger partial charge on any atom is 0.211 e. The lowest BCUT2D eigenvalue weighted by atomic mass is 10.2. The molecule has 0 radical (unpaired) electrons. The van der Waals surface area contributed by atoms with Crippen LogP contribution in [0.25, 0.3) is 0 Å². The molecule has 1 saturated carbocycles. The van der Waals surface area contributed by atoms with E-state index in [0.717, 1.165) is 19.6 Å². The summed E-state index contributed by atoms with van der Waals surface area (Å²) in [6.45, 7) is 6.81. The average molecular weight is 292 g/mol. The lowest BCUT2D eigenvalue weighted by Crippen LogP contribution is -2.30. The highest BCUT2D eigenvalue weighted by Gasteiger charge is 2.20.